The second kappa shape index (κ2) is 5.25. The van der Waals surface area contributed by atoms with E-state index in [1.165, 1.54) is 18.7 Å². The van der Waals surface area contributed by atoms with E-state index in [1.807, 2.05) is 18.2 Å². The Kier molecular flexibility index (Phi) is 3.45. The molecule has 2 aromatic rings. The number of aliphatic hydroxyl groups excluding tert-OH is 1. The first kappa shape index (κ1) is 13.1. The van der Waals surface area contributed by atoms with Crippen LogP contribution in [0.25, 0.3) is 0 Å². The highest BCUT2D eigenvalue weighted by Gasteiger charge is 2.43. The highest BCUT2D eigenvalue weighted by Crippen LogP contribution is 2.54. The quantitative estimate of drug-likeness (QED) is 0.920. The maximum atomic E-state index is 13.7. The van der Waals surface area contributed by atoms with Crippen molar-refractivity contribution < 1.29 is 14.2 Å². The van der Waals surface area contributed by atoms with E-state index in [2.05, 4.69) is 12.1 Å². The van der Waals surface area contributed by atoms with Crippen molar-refractivity contribution in [2.75, 3.05) is 7.11 Å². The molecule has 0 aliphatic heterocycles. The zero-order valence-electron chi connectivity index (χ0n) is 11.3. The first-order chi connectivity index (χ1) is 9.70. The summed E-state index contributed by atoms with van der Waals surface area (Å²) in [4.78, 5) is 0. The van der Waals surface area contributed by atoms with Crippen molar-refractivity contribution in [1.82, 2.24) is 0 Å². The van der Waals surface area contributed by atoms with E-state index in [1.54, 1.807) is 12.1 Å². The third-order valence-electron chi connectivity index (χ3n) is 3.99. The largest absolute Gasteiger partial charge is 0.494 e. The van der Waals surface area contributed by atoms with E-state index in [4.69, 9.17) is 4.74 Å². The van der Waals surface area contributed by atoms with E-state index in [0.29, 0.717) is 11.5 Å². The van der Waals surface area contributed by atoms with Gasteiger partial charge in [0.1, 0.15) is 0 Å². The number of hydrogen-bond acceptors (Lipinski definition) is 2. The Hall–Kier alpha value is -1.87. The predicted molar refractivity (Wildman–Crippen MR) is 75.2 cm³/mol. The van der Waals surface area contributed by atoms with E-state index < -0.39 is 11.9 Å². The normalized spacial score (nSPS) is 22.4. The van der Waals surface area contributed by atoms with Gasteiger partial charge in [0.15, 0.2) is 11.6 Å². The van der Waals surface area contributed by atoms with Gasteiger partial charge in [-0.25, -0.2) is 4.39 Å². The Balaban J connectivity index is 1.75. The van der Waals surface area contributed by atoms with Crippen molar-refractivity contribution in [3.63, 3.8) is 0 Å². The van der Waals surface area contributed by atoms with Crippen molar-refractivity contribution in [2.24, 2.45) is 5.92 Å². The highest BCUT2D eigenvalue weighted by molar-refractivity contribution is 5.33. The molecule has 0 spiro atoms. The molecule has 0 aromatic heterocycles. The van der Waals surface area contributed by atoms with E-state index >= 15 is 0 Å². The first-order valence-corrected chi connectivity index (χ1v) is 6.77. The lowest BCUT2D eigenvalue weighted by molar-refractivity contribution is 0.150. The van der Waals surface area contributed by atoms with Crippen LogP contribution in [0.1, 0.15) is 29.6 Å². The molecule has 3 unspecified atom stereocenters. The minimum atomic E-state index is -0.624. The Morgan fingerprint density at radius 3 is 2.60 bits per heavy atom. The number of halogens is 1. The molecule has 1 N–H and O–H groups in total. The third-order valence-corrected chi connectivity index (χ3v) is 3.99. The van der Waals surface area contributed by atoms with Gasteiger partial charge < -0.3 is 9.84 Å². The second-order valence-electron chi connectivity index (χ2n) is 5.26. The molecule has 0 bridgehead atoms. The molecule has 3 atom stereocenters. The molecule has 3 heteroatoms. The molecule has 1 saturated carbocycles. The predicted octanol–water partition coefficient (Wildman–Crippen LogP) is 3.67. The molecule has 1 aliphatic rings. The molecule has 2 nitrogen and oxygen atoms in total. The van der Waals surface area contributed by atoms with Crippen LogP contribution in [-0.4, -0.2) is 12.2 Å². The second-order valence-corrected chi connectivity index (χ2v) is 5.26. The van der Waals surface area contributed by atoms with Crippen molar-refractivity contribution in [3.05, 3.63) is 65.5 Å². The summed E-state index contributed by atoms with van der Waals surface area (Å²) in [5, 5.41) is 10.4. The third kappa shape index (κ3) is 2.41. The van der Waals surface area contributed by atoms with Gasteiger partial charge in [0.05, 0.1) is 13.2 Å². The molecule has 104 valence electrons. The minimum absolute atomic E-state index is 0.171. The molecule has 0 saturated heterocycles. The van der Waals surface area contributed by atoms with Gasteiger partial charge in [-0.15, -0.1) is 0 Å². The Morgan fingerprint density at radius 1 is 1.20 bits per heavy atom. The van der Waals surface area contributed by atoms with Crippen molar-refractivity contribution in [3.8, 4) is 5.75 Å². The fourth-order valence-corrected chi connectivity index (χ4v) is 2.76. The number of methoxy groups -OCH3 is 1. The zero-order valence-corrected chi connectivity index (χ0v) is 11.3. The van der Waals surface area contributed by atoms with Crippen molar-refractivity contribution in [2.45, 2.75) is 18.4 Å². The van der Waals surface area contributed by atoms with Crippen LogP contribution in [0.4, 0.5) is 4.39 Å². The summed E-state index contributed by atoms with van der Waals surface area (Å²) in [6.45, 7) is 0. The Labute approximate surface area is 117 Å². The van der Waals surface area contributed by atoms with Crippen LogP contribution in [-0.2, 0) is 0 Å². The highest BCUT2D eigenvalue weighted by atomic mass is 19.1. The van der Waals surface area contributed by atoms with Gasteiger partial charge in [-0.2, -0.15) is 0 Å². The summed E-state index contributed by atoms with van der Waals surface area (Å²) in [5.74, 6) is 0.318. The summed E-state index contributed by atoms with van der Waals surface area (Å²) in [7, 11) is 1.43. The van der Waals surface area contributed by atoms with Crippen LogP contribution in [0.15, 0.2) is 48.5 Å². The summed E-state index contributed by atoms with van der Waals surface area (Å²) < 4.78 is 18.6. The topological polar surface area (TPSA) is 29.5 Å². The lowest BCUT2D eigenvalue weighted by Crippen LogP contribution is -2.02. The molecular weight excluding hydrogens is 255 g/mol. The van der Waals surface area contributed by atoms with Gasteiger partial charge in [0.2, 0.25) is 0 Å². The number of benzene rings is 2. The lowest BCUT2D eigenvalue weighted by Gasteiger charge is -2.12. The number of rotatable bonds is 4. The van der Waals surface area contributed by atoms with Crippen LogP contribution < -0.4 is 4.74 Å². The molecule has 1 aliphatic carbocycles. The summed E-state index contributed by atoms with van der Waals surface area (Å²) in [6, 6.07) is 14.8. The molecule has 0 heterocycles. The molecule has 3 rings (SSSR count). The molecule has 0 amide bonds. The van der Waals surface area contributed by atoms with Gasteiger partial charge in [-0.1, -0.05) is 36.4 Å². The molecule has 20 heavy (non-hydrogen) atoms. The fourth-order valence-electron chi connectivity index (χ4n) is 2.76. The van der Waals surface area contributed by atoms with E-state index in [9.17, 15) is 9.50 Å². The average molecular weight is 272 g/mol. The standard InChI is InChI=1S/C17H17FO2/c1-20-16-8-7-12(9-15(16)18)17(19)14-10-13(14)11-5-3-2-4-6-11/h2-9,13-14,17,19H,10H2,1H3. The monoisotopic (exact) mass is 272 g/mol. The van der Waals surface area contributed by atoms with E-state index in [-0.39, 0.29) is 11.7 Å². The first-order valence-electron chi connectivity index (χ1n) is 6.77. The molecule has 1 fully saturated rings. The van der Waals surface area contributed by atoms with Crippen LogP contribution in [0.5, 0.6) is 5.75 Å². The van der Waals surface area contributed by atoms with E-state index in [0.717, 1.165) is 6.42 Å². The number of ether oxygens (including phenoxy) is 1. The van der Waals surface area contributed by atoms with Crippen LogP contribution in [0, 0.1) is 11.7 Å². The van der Waals surface area contributed by atoms with Crippen LogP contribution in [0.2, 0.25) is 0 Å². The van der Waals surface area contributed by atoms with Crippen molar-refractivity contribution in [1.29, 1.82) is 0 Å². The van der Waals surface area contributed by atoms with Gasteiger partial charge >= 0.3 is 0 Å². The lowest BCUT2D eigenvalue weighted by atomic mass is 10.0. The van der Waals surface area contributed by atoms with Gasteiger partial charge in [0, 0.05) is 0 Å². The maximum absolute atomic E-state index is 13.7. The van der Waals surface area contributed by atoms with Gasteiger partial charge in [0.25, 0.3) is 0 Å². The van der Waals surface area contributed by atoms with Gasteiger partial charge in [-0.05, 0) is 41.5 Å². The molecular formula is C17H17FO2. The molecule has 0 radical (unpaired) electrons. The van der Waals surface area contributed by atoms with Crippen molar-refractivity contribution >= 4 is 0 Å². The fraction of sp³-hybridized carbons (Fsp3) is 0.294. The summed E-state index contributed by atoms with van der Waals surface area (Å²) in [5.41, 5.74) is 1.86. The SMILES string of the molecule is COc1ccc(C(O)C2CC2c2ccccc2)cc1F. The zero-order chi connectivity index (χ0) is 14.1. The maximum Gasteiger partial charge on any atom is 0.165 e. The number of hydrogen-bond donors (Lipinski definition) is 1. The Morgan fingerprint density at radius 2 is 1.95 bits per heavy atom. The average Bonchev–Trinajstić information content (AvgIpc) is 3.28. The van der Waals surface area contributed by atoms with Crippen LogP contribution >= 0.6 is 0 Å². The Bertz CT molecular complexity index is 597. The summed E-state index contributed by atoms with van der Waals surface area (Å²) in [6.07, 6.45) is 0.319. The number of aliphatic hydroxyl groups is 1. The summed E-state index contributed by atoms with van der Waals surface area (Å²) >= 11 is 0. The molecule has 2 aromatic carbocycles. The van der Waals surface area contributed by atoms with Crippen LogP contribution in [0.3, 0.4) is 0 Å². The smallest absolute Gasteiger partial charge is 0.165 e. The minimum Gasteiger partial charge on any atom is -0.494 e. The van der Waals surface area contributed by atoms with Gasteiger partial charge in [-0.3, -0.25) is 0 Å².